The molecule has 1 aromatic carbocycles. The molecule has 6 nitrogen and oxygen atoms in total. The van der Waals surface area contributed by atoms with Crippen molar-refractivity contribution in [1.82, 2.24) is 9.97 Å². The van der Waals surface area contributed by atoms with E-state index >= 15 is 0 Å². The Labute approximate surface area is 141 Å². The maximum Gasteiger partial charge on any atom is 0.231 e. The molecule has 2 aromatic rings. The summed E-state index contributed by atoms with van der Waals surface area (Å²) in [6.45, 7) is 6.71. The van der Waals surface area contributed by atoms with Gasteiger partial charge in [0.05, 0.1) is 0 Å². The Kier molecular flexibility index (Phi) is 3.88. The van der Waals surface area contributed by atoms with Crippen LogP contribution in [0.3, 0.4) is 0 Å². The van der Waals surface area contributed by atoms with Crippen molar-refractivity contribution in [2.24, 2.45) is 5.92 Å². The van der Waals surface area contributed by atoms with Gasteiger partial charge in [0.15, 0.2) is 11.5 Å². The Balaban J connectivity index is 1.55. The zero-order valence-corrected chi connectivity index (χ0v) is 14.1. The summed E-state index contributed by atoms with van der Waals surface area (Å²) in [6.07, 6.45) is 2.43. The number of hydrogen-bond donors (Lipinski definition) is 1. The summed E-state index contributed by atoms with van der Waals surface area (Å²) in [7, 11) is 0. The molecule has 0 aliphatic carbocycles. The number of ether oxygens (including phenoxy) is 2. The Morgan fingerprint density at radius 2 is 1.88 bits per heavy atom. The molecule has 24 heavy (non-hydrogen) atoms. The summed E-state index contributed by atoms with van der Waals surface area (Å²) in [4.78, 5) is 11.6. The smallest absolute Gasteiger partial charge is 0.231 e. The average molecular weight is 326 g/mol. The van der Waals surface area contributed by atoms with Gasteiger partial charge in [0, 0.05) is 36.6 Å². The summed E-state index contributed by atoms with van der Waals surface area (Å²) in [6, 6.07) is 7.81. The molecule has 0 unspecified atom stereocenters. The highest BCUT2D eigenvalue weighted by atomic mass is 16.7. The van der Waals surface area contributed by atoms with Crippen molar-refractivity contribution >= 4 is 17.5 Å². The molecule has 2 aliphatic rings. The van der Waals surface area contributed by atoms with E-state index in [1.165, 1.54) is 12.8 Å². The van der Waals surface area contributed by atoms with E-state index in [9.17, 15) is 0 Å². The normalized spacial score (nSPS) is 17.2. The third-order valence-electron chi connectivity index (χ3n) is 4.58. The zero-order chi connectivity index (χ0) is 16.5. The van der Waals surface area contributed by atoms with Gasteiger partial charge in [-0.05, 0) is 37.8 Å². The molecule has 4 rings (SSSR count). The Morgan fingerprint density at radius 3 is 2.71 bits per heavy atom. The van der Waals surface area contributed by atoms with Gasteiger partial charge in [-0.3, -0.25) is 0 Å². The van der Waals surface area contributed by atoms with Gasteiger partial charge in [0.25, 0.3) is 0 Å². The van der Waals surface area contributed by atoms with Gasteiger partial charge in [0.2, 0.25) is 12.7 Å². The van der Waals surface area contributed by atoms with Crippen LogP contribution in [0.4, 0.5) is 17.5 Å². The topological polar surface area (TPSA) is 59.5 Å². The predicted octanol–water partition coefficient (Wildman–Crippen LogP) is 3.49. The fourth-order valence-corrected chi connectivity index (χ4v) is 3.11. The zero-order valence-electron chi connectivity index (χ0n) is 14.1. The number of nitrogens with zero attached hydrogens (tertiary/aromatic N) is 3. The van der Waals surface area contributed by atoms with E-state index in [0.29, 0.717) is 5.95 Å². The second-order valence-corrected chi connectivity index (χ2v) is 6.55. The van der Waals surface area contributed by atoms with Gasteiger partial charge in [-0.25, -0.2) is 4.98 Å². The highest BCUT2D eigenvalue weighted by molar-refractivity contribution is 5.61. The molecule has 126 valence electrons. The maximum absolute atomic E-state index is 5.42. The minimum Gasteiger partial charge on any atom is -0.454 e. The van der Waals surface area contributed by atoms with Gasteiger partial charge >= 0.3 is 0 Å². The van der Waals surface area contributed by atoms with E-state index in [-0.39, 0.29) is 6.79 Å². The molecule has 0 amide bonds. The first-order valence-corrected chi connectivity index (χ1v) is 8.45. The fourth-order valence-electron chi connectivity index (χ4n) is 3.11. The van der Waals surface area contributed by atoms with Gasteiger partial charge in [0.1, 0.15) is 5.82 Å². The van der Waals surface area contributed by atoms with Gasteiger partial charge in [-0.15, -0.1) is 0 Å². The number of nitrogens with one attached hydrogen (secondary N) is 1. The molecule has 2 aliphatic heterocycles. The third-order valence-corrected chi connectivity index (χ3v) is 4.58. The monoisotopic (exact) mass is 326 g/mol. The second kappa shape index (κ2) is 6.19. The standard InChI is InChI=1S/C18H22N4O2/c1-12-5-7-22(8-6-12)17-9-13(2)19-18(21-17)20-14-3-4-15-16(10-14)24-11-23-15/h3-4,9-10,12H,5-8,11H2,1-2H3,(H,19,20,21). The van der Waals surface area contributed by atoms with Crippen LogP contribution in [-0.4, -0.2) is 29.9 Å². The summed E-state index contributed by atoms with van der Waals surface area (Å²) in [5.41, 5.74) is 1.85. The number of aromatic nitrogens is 2. The van der Waals surface area contributed by atoms with Crippen LogP contribution in [0.5, 0.6) is 11.5 Å². The SMILES string of the molecule is Cc1cc(N2CCC(C)CC2)nc(Nc2ccc3c(c2)OCO3)n1. The van der Waals surface area contributed by atoms with Crippen molar-refractivity contribution in [2.75, 3.05) is 30.1 Å². The first-order valence-electron chi connectivity index (χ1n) is 8.45. The highest BCUT2D eigenvalue weighted by Crippen LogP contribution is 2.35. The van der Waals surface area contributed by atoms with E-state index in [2.05, 4.69) is 28.2 Å². The van der Waals surface area contributed by atoms with Crippen LogP contribution in [-0.2, 0) is 0 Å². The molecule has 0 atom stereocenters. The lowest BCUT2D eigenvalue weighted by Gasteiger charge is -2.31. The van der Waals surface area contributed by atoms with Crippen LogP contribution in [0.2, 0.25) is 0 Å². The van der Waals surface area contributed by atoms with Crippen LogP contribution in [0.25, 0.3) is 0 Å². The molecule has 1 saturated heterocycles. The molecule has 1 fully saturated rings. The lowest BCUT2D eigenvalue weighted by atomic mass is 9.99. The molecule has 0 radical (unpaired) electrons. The molecule has 3 heterocycles. The van der Waals surface area contributed by atoms with Crippen molar-refractivity contribution in [1.29, 1.82) is 0 Å². The number of piperidine rings is 1. The van der Waals surface area contributed by atoms with E-state index in [0.717, 1.165) is 47.7 Å². The lowest BCUT2D eigenvalue weighted by molar-refractivity contribution is 0.174. The molecular weight excluding hydrogens is 304 g/mol. The van der Waals surface area contributed by atoms with Crippen LogP contribution in [0.1, 0.15) is 25.5 Å². The Morgan fingerprint density at radius 1 is 1.08 bits per heavy atom. The number of hydrogen-bond acceptors (Lipinski definition) is 6. The number of aryl methyl sites for hydroxylation is 1. The summed E-state index contributed by atoms with van der Waals surface area (Å²) < 4.78 is 10.8. The fraction of sp³-hybridized carbons (Fsp3) is 0.444. The van der Waals surface area contributed by atoms with Gasteiger partial charge in [-0.1, -0.05) is 6.92 Å². The molecule has 6 heteroatoms. The first kappa shape index (κ1) is 15.1. The minimum atomic E-state index is 0.275. The van der Waals surface area contributed by atoms with Crippen LogP contribution in [0, 0.1) is 12.8 Å². The van der Waals surface area contributed by atoms with Crippen molar-refractivity contribution in [3.8, 4) is 11.5 Å². The van der Waals surface area contributed by atoms with E-state index < -0.39 is 0 Å². The largest absolute Gasteiger partial charge is 0.454 e. The predicted molar refractivity (Wildman–Crippen MR) is 93.2 cm³/mol. The molecular formula is C18H22N4O2. The second-order valence-electron chi connectivity index (χ2n) is 6.55. The summed E-state index contributed by atoms with van der Waals surface area (Å²) in [5, 5.41) is 3.28. The maximum atomic E-state index is 5.42. The lowest BCUT2D eigenvalue weighted by Crippen LogP contribution is -2.33. The summed E-state index contributed by atoms with van der Waals surface area (Å²) in [5.74, 6) is 3.93. The average Bonchev–Trinajstić information content (AvgIpc) is 3.02. The van der Waals surface area contributed by atoms with Crippen molar-refractivity contribution < 1.29 is 9.47 Å². The van der Waals surface area contributed by atoms with E-state index in [1.54, 1.807) is 0 Å². The third kappa shape index (κ3) is 3.09. The molecule has 0 saturated carbocycles. The minimum absolute atomic E-state index is 0.275. The number of benzene rings is 1. The number of rotatable bonds is 3. The van der Waals surface area contributed by atoms with Crippen molar-refractivity contribution in [2.45, 2.75) is 26.7 Å². The molecule has 1 N–H and O–H groups in total. The molecule has 1 aromatic heterocycles. The van der Waals surface area contributed by atoms with Gasteiger partial charge in [-0.2, -0.15) is 4.98 Å². The number of anilines is 3. The Bertz CT molecular complexity index is 742. The highest BCUT2D eigenvalue weighted by Gasteiger charge is 2.18. The van der Waals surface area contributed by atoms with Crippen molar-refractivity contribution in [3.05, 3.63) is 30.0 Å². The molecule has 0 spiro atoms. The first-order chi connectivity index (χ1) is 11.7. The van der Waals surface area contributed by atoms with E-state index in [4.69, 9.17) is 14.5 Å². The summed E-state index contributed by atoms with van der Waals surface area (Å²) >= 11 is 0. The van der Waals surface area contributed by atoms with Crippen LogP contribution >= 0.6 is 0 Å². The van der Waals surface area contributed by atoms with Crippen LogP contribution < -0.4 is 19.7 Å². The van der Waals surface area contributed by atoms with Crippen molar-refractivity contribution in [3.63, 3.8) is 0 Å². The number of fused-ring (bicyclic) bond motifs is 1. The molecule has 0 bridgehead atoms. The quantitative estimate of drug-likeness (QED) is 0.931. The van der Waals surface area contributed by atoms with Crippen LogP contribution in [0.15, 0.2) is 24.3 Å². The van der Waals surface area contributed by atoms with Gasteiger partial charge < -0.3 is 19.7 Å². The Hall–Kier alpha value is -2.50. The van der Waals surface area contributed by atoms with E-state index in [1.807, 2.05) is 25.1 Å².